The zero-order chi connectivity index (χ0) is 19.9. The largest absolute Gasteiger partial charge is 0.455 e. The number of halogens is 2. The van der Waals surface area contributed by atoms with E-state index in [0.717, 1.165) is 18.8 Å². The Hall–Kier alpha value is -2.24. The predicted octanol–water partition coefficient (Wildman–Crippen LogP) is 4.71. The molecule has 0 spiro atoms. The van der Waals surface area contributed by atoms with E-state index in [1.807, 2.05) is 24.3 Å². The lowest BCUT2D eigenvalue weighted by Crippen LogP contribution is -2.29. The number of rotatable bonds is 6. The normalized spacial score (nSPS) is 13.9. The SMILES string of the molecule is O=C(COC(=O)Cc1ccc(Cl)cc1Cl)Nc1ccc(N2CCCCC2)cc1. The molecule has 0 atom stereocenters. The number of amides is 1. The van der Waals surface area contributed by atoms with Crippen LogP contribution in [0.2, 0.25) is 10.0 Å². The van der Waals surface area contributed by atoms with Gasteiger partial charge in [-0.15, -0.1) is 0 Å². The molecule has 0 saturated carbocycles. The van der Waals surface area contributed by atoms with E-state index >= 15 is 0 Å². The lowest BCUT2D eigenvalue weighted by Gasteiger charge is -2.28. The average molecular weight is 421 g/mol. The van der Waals surface area contributed by atoms with Crippen molar-refractivity contribution in [2.24, 2.45) is 0 Å². The van der Waals surface area contributed by atoms with Gasteiger partial charge in [0.2, 0.25) is 0 Å². The average Bonchev–Trinajstić information content (AvgIpc) is 2.70. The molecule has 1 saturated heterocycles. The Morgan fingerprint density at radius 3 is 2.39 bits per heavy atom. The van der Waals surface area contributed by atoms with Crippen molar-refractivity contribution in [2.75, 3.05) is 29.9 Å². The summed E-state index contributed by atoms with van der Waals surface area (Å²) in [6, 6.07) is 12.6. The number of nitrogens with one attached hydrogen (secondary N) is 1. The van der Waals surface area contributed by atoms with Crippen molar-refractivity contribution in [1.29, 1.82) is 0 Å². The van der Waals surface area contributed by atoms with Crippen LogP contribution in [0.15, 0.2) is 42.5 Å². The van der Waals surface area contributed by atoms with E-state index in [4.69, 9.17) is 27.9 Å². The molecule has 0 unspecified atom stereocenters. The number of nitrogens with zero attached hydrogens (tertiary/aromatic N) is 1. The van der Waals surface area contributed by atoms with Crippen molar-refractivity contribution >= 4 is 46.5 Å². The van der Waals surface area contributed by atoms with Gasteiger partial charge in [0.15, 0.2) is 6.61 Å². The highest BCUT2D eigenvalue weighted by Crippen LogP contribution is 2.22. The third kappa shape index (κ3) is 5.88. The first-order valence-corrected chi connectivity index (χ1v) is 10.0. The molecular formula is C21H22Cl2N2O3. The first-order chi connectivity index (χ1) is 13.5. The molecule has 28 heavy (non-hydrogen) atoms. The predicted molar refractivity (Wildman–Crippen MR) is 112 cm³/mol. The molecule has 0 radical (unpaired) electrons. The molecular weight excluding hydrogens is 399 g/mol. The second kappa shape index (κ2) is 9.80. The number of benzene rings is 2. The summed E-state index contributed by atoms with van der Waals surface area (Å²) < 4.78 is 5.03. The molecule has 2 aromatic rings. The Morgan fingerprint density at radius 1 is 1.00 bits per heavy atom. The number of anilines is 2. The van der Waals surface area contributed by atoms with Crippen LogP contribution in [0.5, 0.6) is 0 Å². The molecule has 7 heteroatoms. The van der Waals surface area contributed by atoms with Gasteiger partial charge in [0.05, 0.1) is 6.42 Å². The van der Waals surface area contributed by atoms with E-state index in [0.29, 0.717) is 21.3 Å². The highest BCUT2D eigenvalue weighted by atomic mass is 35.5. The highest BCUT2D eigenvalue weighted by Gasteiger charge is 2.13. The van der Waals surface area contributed by atoms with Gasteiger partial charge in [0.25, 0.3) is 5.91 Å². The van der Waals surface area contributed by atoms with Gasteiger partial charge in [-0.1, -0.05) is 29.3 Å². The summed E-state index contributed by atoms with van der Waals surface area (Å²) >= 11 is 11.9. The van der Waals surface area contributed by atoms with Crippen LogP contribution in [0.25, 0.3) is 0 Å². The number of hydrogen-bond acceptors (Lipinski definition) is 4. The molecule has 2 aromatic carbocycles. The number of hydrogen-bond donors (Lipinski definition) is 1. The number of carbonyl (C=O) groups excluding carboxylic acids is 2. The maximum Gasteiger partial charge on any atom is 0.310 e. The summed E-state index contributed by atoms with van der Waals surface area (Å²) in [5.41, 5.74) is 2.43. The summed E-state index contributed by atoms with van der Waals surface area (Å²) in [7, 11) is 0. The van der Waals surface area contributed by atoms with Gasteiger partial charge >= 0.3 is 5.97 Å². The molecule has 0 aliphatic carbocycles. The van der Waals surface area contributed by atoms with Crippen molar-refractivity contribution in [3.8, 4) is 0 Å². The number of esters is 1. The molecule has 3 rings (SSSR count). The maximum absolute atomic E-state index is 12.0. The summed E-state index contributed by atoms with van der Waals surface area (Å²) in [6.45, 7) is 1.79. The van der Waals surface area contributed by atoms with Crippen LogP contribution in [0.4, 0.5) is 11.4 Å². The number of ether oxygens (including phenoxy) is 1. The van der Waals surface area contributed by atoms with Gasteiger partial charge in [0, 0.05) is 34.5 Å². The van der Waals surface area contributed by atoms with Crippen molar-refractivity contribution < 1.29 is 14.3 Å². The minimum Gasteiger partial charge on any atom is -0.455 e. The van der Waals surface area contributed by atoms with E-state index in [9.17, 15) is 9.59 Å². The number of carbonyl (C=O) groups is 2. The van der Waals surface area contributed by atoms with Crippen LogP contribution in [0, 0.1) is 0 Å². The summed E-state index contributed by atoms with van der Waals surface area (Å²) in [5, 5.41) is 3.62. The van der Waals surface area contributed by atoms with Crippen molar-refractivity contribution in [3.05, 3.63) is 58.1 Å². The lowest BCUT2D eigenvalue weighted by molar-refractivity contribution is -0.146. The van der Waals surface area contributed by atoms with Gasteiger partial charge in [-0.3, -0.25) is 9.59 Å². The molecule has 1 aliphatic rings. The van der Waals surface area contributed by atoms with Gasteiger partial charge in [-0.25, -0.2) is 0 Å². The molecule has 1 aliphatic heterocycles. The Labute approximate surface area is 174 Å². The van der Waals surface area contributed by atoms with Crippen LogP contribution >= 0.6 is 23.2 Å². The fourth-order valence-corrected chi connectivity index (χ4v) is 3.60. The Morgan fingerprint density at radius 2 is 1.71 bits per heavy atom. The van der Waals surface area contributed by atoms with E-state index in [1.165, 1.54) is 19.3 Å². The topological polar surface area (TPSA) is 58.6 Å². The quantitative estimate of drug-likeness (QED) is 0.687. The monoisotopic (exact) mass is 420 g/mol. The highest BCUT2D eigenvalue weighted by molar-refractivity contribution is 6.35. The van der Waals surface area contributed by atoms with E-state index in [2.05, 4.69) is 10.2 Å². The summed E-state index contributed by atoms with van der Waals surface area (Å²) in [6.07, 6.45) is 3.69. The Kier molecular flexibility index (Phi) is 7.18. The molecule has 0 bridgehead atoms. The van der Waals surface area contributed by atoms with Gasteiger partial charge in [-0.05, 0) is 61.2 Å². The van der Waals surface area contributed by atoms with Crippen LogP contribution in [0.1, 0.15) is 24.8 Å². The van der Waals surface area contributed by atoms with E-state index < -0.39 is 5.97 Å². The third-order valence-electron chi connectivity index (χ3n) is 4.59. The Bertz CT molecular complexity index is 834. The van der Waals surface area contributed by atoms with Crippen LogP contribution < -0.4 is 10.2 Å². The van der Waals surface area contributed by atoms with Gasteiger partial charge in [-0.2, -0.15) is 0 Å². The van der Waals surface area contributed by atoms with E-state index in [1.54, 1.807) is 18.2 Å². The second-order valence-electron chi connectivity index (χ2n) is 6.72. The molecule has 1 fully saturated rings. The van der Waals surface area contributed by atoms with Crippen molar-refractivity contribution in [2.45, 2.75) is 25.7 Å². The zero-order valence-electron chi connectivity index (χ0n) is 15.4. The van der Waals surface area contributed by atoms with Crippen LogP contribution in [-0.4, -0.2) is 31.6 Å². The molecule has 1 amide bonds. The number of piperidine rings is 1. The first kappa shape index (κ1) is 20.5. The standard InChI is InChI=1S/C21H22Cl2N2O3/c22-16-5-4-15(19(23)13-16)12-21(27)28-14-20(26)24-17-6-8-18(9-7-17)25-10-2-1-3-11-25/h4-9,13H,1-3,10-12,14H2,(H,24,26). The Balaban J connectivity index is 1.45. The molecule has 5 nitrogen and oxygen atoms in total. The fourth-order valence-electron chi connectivity index (χ4n) is 3.12. The van der Waals surface area contributed by atoms with Gasteiger partial charge in [0.1, 0.15) is 0 Å². The van der Waals surface area contributed by atoms with Crippen molar-refractivity contribution in [1.82, 2.24) is 0 Å². The fraction of sp³-hybridized carbons (Fsp3) is 0.333. The van der Waals surface area contributed by atoms with Gasteiger partial charge < -0.3 is 15.0 Å². The molecule has 148 valence electrons. The first-order valence-electron chi connectivity index (χ1n) is 9.26. The maximum atomic E-state index is 12.0. The minimum absolute atomic E-state index is 0.0200. The lowest BCUT2D eigenvalue weighted by atomic mass is 10.1. The third-order valence-corrected chi connectivity index (χ3v) is 5.17. The minimum atomic E-state index is -0.528. The zero-order valence-corrected chi connectivity index (χ0v) is 16.9. The molecule has 0 aromatic heterocycles. The second-order valence-corrected chi connectivity index (χ2v) is 7.56. The molecule has 1 N–H and O–H groups in total. The van der Waals surface area contributed by atoms with Crippen LogP contribution in [-0.2, 0) is 20.7 Å². The summed E-state index contributed by atoms with van der Waals surface area (Å²) in [4.78, 5) is 26.3. The van der Waals surface area contributed by atoms with Crippen LogP contribution in [0.3, 0.4) is 0 Å². The summed E-state index contributed by atoms with van der Waals surface area (Å²) in [5.74, 6) is -0.916. The van der Waals surface area contributed by atoms with Crippen molar-refractivity contribution in [3.63, 3.8) is 0 Å². The smallest absolute Gasteiger partial charge is 0.310 e. The molecule has 1 heterocycles. The van der Waals surface area contributed by atoms with E-state index in [-0.39, 0.29) is 18.9 Å².